The number of rotatable bonds is 6. The van der Waals surface area contributed by atoms with Gasteiger partial charge in [0.05, 0.1) is 11.9 Å². The number of hydrogen-bond acceptors (Lipinski definition) is 4. The average molecular weight is 391 g/mol. The molecule has 0 bridgehead atoms. The lowest BCUT2D eigenvalue weighted by Crippen LogP contribution is -2.51. The Balaban J connectivity index is 1.73. The maximum atomic E-state index is 11.3. The van der Waals surface area contributed by atoms with Crippen molar-refractivity contribution in [1.82, 2.24) is 9.29 Å². The zero-order valence-electron chi connectivity index (χ0n) is 16.5. The summed E-state index contributed by atoms with van der Waals surface area (Å²) in [6, 6.07) is 10.2. The van der Waals surface area contributed by atoms with Gasteiger partial charge in [-0.25, -0.2) is 13.1 Å². The van der Waals surface area contributed by atoms with Crippen LogP contribution in [0.25, 0.3) is 5.69 Å². The first-order valence-electron chi connectivity index (χ1n) is 9.25. The summed E-state index contributed by atoms with van der Waals surface area (Å²) in [4.78, 5) is 0. The number of nitrogens with one attached hydrogen (secondary N) is 2. The van der Waals surface area contributed by atoms with Crippen molar-refractivity contribution in [1.29, 1.82) is 0 Å². The fourth-order valence-corrected chi connectivity index (χ4v) is 4.09. The van der Waals surface area contributed by atoms with Gasteiger partial charge in [-0.1, -0.05) is 26.0 Å². The summed E-state index contributed by atoms with van der Waals surface area (Å²) in [6.45, 7) is 6.88. The molecule has 2 atom stereocenters. The molecular weight excluding hydrogens is 360 g/mol. The molecule has 1 aliphatic rings. The van der Waals surface area contributed by atoms with Crippen LogP contribution >= 0.6 is 0 Å². The Kier molecular flexibility index (Phi) is 5.14. The van der Waals surface area contributed by atoms with Crippen LogP contribution in [0, 0.1) is 5.41 Å². The van der Waals surface area contributed by atoms with Crippen molar-refractivity contribution in [2.24, 2.45) is 11.1 Å². The average Bonchev–Trinajstić information content (AvgIpc) is 3.11. The highest BCUT2D eigenvalue weighted by Gasteiger charge is 2.49. The highest BCUT2D eigenvalue weighted by molar-refractivity contribution is 7.88. The highest BCUT2D eigenvalue weighted by atomic mass is 32.2. The fraction of sp³-hybridized carbons (Fsp3) is 0.500. The van der Waals surface area contributed by atoms with Crippen molar-refractivity contribution in [2.75, 3.05) is 11.6 Å². The van der Waals surface area contributed by atoms with Gasteiger partial charge in [-0.05, 0) is 43.5 Å². The number of aromatic nitrogens is 1. The number of sulfonamides is 1. The molecule has 2 aromatic rings. The highest BCUT2D eigenvalue weighted by Crippen LogP contribution is 2.45. The first kappa shape index (κ1) is 19.9. The molecule has 148 valence electrons. The van der Waals surface area contributed by atoms with E-state index in [4.69, 9.17) is 5.73 Å². The van der Waals surface area contributed by atoms with Crippen LogP contribution in [0.15, 0.2) is 42.7 Å². The van der Waals surface area contributed by atoms with E-state index in [1.54, 1.807) is 0 Å². The molecule has 0 aliphatic heterocycles. The number of nitrogens with zero attached hydrogens (tertiary/aromatic N) is 1. The molecule has 27 heavy (non-hydrogen) atoms. The molecule has 0 saturated heterocycles. The number of hydrogen-bond donors (Lipinski definition) is 3. The van der Waals surface area contributed by atoms with Crippen molar-refractivity contribution >= 4 is 15.7 Å². The second kappa shape index (κ2) is 6.96. The molecule has 1 aromatic heterocycles. The Morgan fingerprint density at radius 2 is 2.00 bits per heavy atom. The van der Waals surface area contributed by atoms with Crippen molar-refractivity contribution in [3.63, 3.8) is 0 Å². The third-order valence-electron chi connectivity index (χ3n) is 6.08. The maximum Gasteiger partial charge on any atom is 0.209 e. The van der Waals surface area contributed by atoms with Crippen LogP contribution in [0.2, 0.25) is 0 Å². The van der Waals surface area contributed by atoms with E-state index < -0.39 is 10.0 Å². The van der Waals surface area contributed by atoms with Crippen LogP contribution in [-0.2, 0) is 16.6 Å². The number of anilines is 1. The quantitative estimate of drug-likeness (QED) is 0.708. The maximum absolute atomic E-state index is 11.3. The van der Waals surface area contributed by atoms with Crippen molar-refractivity contribution < 1.29 is 8.42 Å². The minimum absolute atomic E-state index is 0.00628. The van der Waals surface area contributed by atoms with Crippen molar-refractivity contribution in [3.8, 4) is 5.69 Å². The summed E-state index contributed by atoms with van der Waals surface area (Å²) in [5.41, 5.74) is 9.28. The molecule has 7 heteroatoms. The fourth-order valence-electron chi connectivity index (χ4n) is 3.66. The first-order chi connectivity index (χ1) is 12.5. The predicted molar refractivity (Wildman–Crippen MR) is 110 cm³/mol. The third kappa shape index (κ3) is 4.36. The summed E-state index contributed by atoms with van der Waals surface area (Å²) in [5.74, 6) is 0. The molecule has 1 heterocycles. The topological polar surface area (TPSA) is 89.2 Å². The summed E-state index contributed by atoms with van der Waals surface area (Å²) in [6.07, 6.45) is 7.30. The molecular formula is C20H30N4O2S. The van der Waals surface area contributed by atoms with E-state index in [2.05, 4.69) is 43.1 Å². The molecule has 1 fully saturated rings. The Bertz CT molecular complexity index is 916. The van der Waals surface area contributed by atoms with Gasteiger partial charge in [0.2, 0.25) is 10.0 Å². The summed E-state index contributed by atoms with van der Waals surface area (Å²) in [7, 11) is -3.21. The van der Waals surface area contributed by atoms with Gasteiger partial charge in [-0.2, -0.15) is 0 Å². The molecule has 3 rings (SSSR count). The summed E-state index contributed by atoms with van der Waals surface area (Å²) < 4.78 is 27.1. The molecule has 1 aromatic carbocycles. The molecule has 0 spiro atoms. The van der Waals surface area contributed by atoms with Crippen LogP contribution in [-0.4, -0.2) is 30.8 Å². The Morgan fingerprint density at radius 1 is 1.26 bits per heavy atom. The first-order valence-corrected chi connectivity index (χ1v) is 11.1. The lowest BCUT2D eigenvalue weighted by Gasteiger charge is -2.39. The van der Waals surface area contributed by atoms with Gasteiger partial charge in [0, 0.05) is 41.6 Å². The predicted octanol–water partition coefficient (Wildman–Crippen LogP) is 2.84. The molecule has 0 radical (unpaired) electrons. The molecule has 0 unspecified atom stereocenters. The lowest BCUT2D eigenvalue weighted by atomic mass is 9.75. The largest absolute Gasteiger partial charge is 0.380 e. The standard InChI is InChI=1S/C20H30N4O2S/c1-19(2)18(8-10-20(19,3)21)23-16-9-11-24(14-16)17-7-5-6-15(12-17)13-22-27(4,25)26/h5-7,9,11-12,14,18,22-23H,8,10,13,21H2,1-4H3/t18-,20+/m1/s1. The van der Waals surface area contributed by atoms with E-state index in [1.165, 1.54) is 0 Å². The van der Waals surface area contributed by atoms with Crippen LogP contribution in [0.4, 0.5) is 5.69 Å². The van der Waals surface area contributed by atoms with Crippen molar-refractivity contribution in [2.45, 2.75) is 51.7 Å². The zero-order valence-corrected chi connectivity index (χ0v) is 17.3. The van der Waals surface area contributed by atoms with E-state index in [0.29, 0.717) is 6.04 Å². The van der Waals surface area contributed by atoms with E-state index in [0.717, 1.165) is 36.0 Å². The Hall–Kier alpha value is -1.83. The Labute approximate surface area is 162 Å². The molecule has 4 N–H and O–H groups in total. The second-order valence-corrected chi connectivity index (χ2v) is 10.3. The van der Waals surface area contributed by atoms with Gasteiger partial charge < -0.3 is 15.6 Å². The van der Waals surface area contributed by atoms with Crippen LogP contribution in [0.1, 0.15) is 39.2 Å². The SMILES string of the molecule is CC1(C)[C@H](Nc2ccn(-c3cccc(CNS(C)(=O)=O)c3)c2)CC[C@]1(C)N. The van der Waals surface area contributed by atoms with Crippen LogP contribution < -0.4 is 15.8 Å². The molecule has 1 aliphatic carbocycles. The third-order valence-corrected chi connectivity index (χ3v) is 6.75. The molecule has 0 amide bonds. The van der Waals surface area contributed by atoms with Gasteiger partial charge in [-0.3, -0.25) is 0 Å². The Morgan fingerprint density at radius 3 is 2.63 bits per heavy atom. The van der Waals surface area contributed by atoms with Crippen LogP contribution in [0.3, 0.4) is 0 Å². The van der Waals surface area contributed by atoms with Gasteiger partial charge in [0.25, 0.3) is 0 Å². The zero-order chi connectivity index (χ0) is 19.9. The van der Waals surface area contributed by atoms with Crippen molar-refractivity contribution in [3.05, 3.63) is 48.3 Å². The van der Waals surface area contributed by atoms with E-state index in [9.17, 15) is 8.42 Å². The summed E-state index contributed by atoms with van der Waals surface area (Å²) >= 11 is 0. The normalized spacial score (nSPS) is 24.9. The van der Waals surface area contributed by atoms with Crippen LogP contribution in [0.5, 0.6) is 0 Å². The van der Waals surface area contributed by atoms with Gasteiger partial charge in [-0.15, -0.1) is 0 Å². The van der Waals surface area contributed by atoms with Gasteiger partial charge in [0.15, 0.2) is 0 Å². The number of benzene rings is 1. The monoisotopic (exact) mass is 390 g/mol. The minimum atomic E-state index is -3.21. The van der Waals surface area contributed by atoms with E-state index in [-0.39, 0.29) is 17.5 Å². The van der Waals surface area contributed by atoms with Gasteiger partial charge in [0.1, 0.15) is 0 Å². The second-order valence-electron chi connectivity index (χ2n) is 8.45. The molecule has 1 saturated carbocycles. The minimum Gasteiger partial charge on any atom is -0.380 e. The smallest absolute Gasteiger partial charge is 0.209 e. The lowest BCUT2D eigenvalue weighted by molar-refractivity contribution is 0.215. The summed E-state index contributed by atoms with van der Waals surface area (Å²) in [5, 5.41) is 3.64. The number of nitrogens with two attached hydrogens (primary N) is 1. The van der Waals surface area contributed by atoms with Gasteiger partial charge >= 0.3 is 0 Å². The van der Waals surface area contributed by atoms with E-state index >= 15 is 0 Å². The molecule has 6 nitrogen and oxygen atoms in total. The van der Waals surface area contributed by atoms with E-state index in [1.807, 2.05) is 35.0 Å².